The molecule has 0 nitrogen and oxygen atoms in total. The fourth-order valence-electron chi connectivity index (χ4n) is 2.86. The minimum Gasteiger partial charge on any atom is -0.0955 e. The number of benzene rings is 3. The molecule has 3 aromatic rings. The summed E-state index contributed by atoms with van der Waals surface area (Å²) in [6, 6.07) is 26.5. The standard InChI is InChI=1S/C24H24.C2H6/c1-18(2)24-14-12-23(13-15-24)17-22-10-8-21(9-11-22)16-20-6-4-19(3)5-7-20;1-2/h4-15H,1,16-17H2,2-3H3;1-2H3. The zero-order chi connectivity index (χ0) is 18.9. The van der Waals surface area contributed by atoms with Crippen LogP contribution in [-0.2, 0) is 12.8 Å². The normalized spacial score (nSPS) is 10.0. The Kier molecular flexibility index (Phi) is 7.41. The number of hydrogen-bond donors (Lipinski definition) is 0. The summed E-state index contributed by atoms with van der Waals surface area (Å²) in [6.07, 6.45) is 1.97. The van der Waals surface area contributed by atoms with Crippen LogP contribution in [0.2, 0.25) is 0 Å². The highest BCUT2D eigenvalue weighted by Gasteiger charge is 2.00. The minimum atomic E-state index is 0.973. The summed E-state index contributed by atoms with van der Waals surface area (Å²) in [4.78, 5) is 0. The van der Waals surface area contributed by atoms with E-state index in [0.717, 1.165) is 18.4 Å². The third kappa shape index (κ3) is 5.74. The van der Waals surface area contributed by atoms with Crippen LogP contribution >= 0.6 is 0 Å². The number of aryl methyl sites for hydroxylation is 1. The maximum Gasteiger partial charge on any atom is -0.00258 e. The molecule has 0 saturated heterocycles. The van der Waals surface area contributed by atoms with Crippen LogP contribution < -0.4 is 0 Å². The summed E-state index contributed by atoms with van der Waals surface area (Å²) in [5.41, 5.74) is 9.06. The van der Waals surface area contributed by atoms with Gasteiger partial charge in [-0.2, -0.15) is 0 Å². The van der Waals surface area contributed by atoms with Crippen molar-refractivity contribution in [3.63, 3.8) is 0 Å². The van der Waals surface area contributed by atoms with E-state index in [0.29, 0.717) is 0 Å². The Morgan fingerprint density at radius 2 is 0.923 bits per heavy atom. The molecule has 0 aliphatic heterocycles. The van der Waals surface area contributed by atoms with E-state index in [9.17, 15) is 0 Å². The van der Waals surface area contributed by atoms with Crippen molar-refractivity contribution in [2.24, 2.45) is 0 Å². The van der Waals surface area contributed by atoms with Gasteiger partial charge in [0.15, 0.2) is 0 Å². The van der Waals surface area contributed by atoms with E-state index < -0.39 is 0 Å². The lowest BCUT2D eigenvalue weighted by Gasteiger charge is -2.07. The Balaban J connectivity index is 0.00000117. The molecule has 3 aromatic carbocycles. The smallest absolute Gasteiger partial charge is 0.00258 e. The maximum absolute atomic E-state index is 3.99. The molecular weight excluding hydrogens is 312 g/mol. The second-order valence-corrected chi connectivity index (χ2v) is 6.63. The van der Waals surface area contributed by atoms with Crippen molar-refractivity contribution in [1.29, 1.82) is 0 Å². The molecule has 3 rings (SSSR count). The summed E-state index contributed by atoms with van der Waals surface area (Å²) < 4.78 is 0. The molecule has 0 atom stereocenters. The lowest BCUT2D eigenvalue weighted by molar-refractivity contribution is 1.15. The predicted octanol–water partition coefficient (Wildman–Crippen LogP) is 7.24. The van der Waals surface area contributed by atoms with Gasteiger partial charge in [0, 0.05) is 0 Å². The predicted molar refractivity (Wildman–Crippen MR) is 116 cm³/mol. The molecule has 0 saturated carbocycles. The van der Waals surface area contributed by atoms with Gasteiger partial charge in [0.05, 0.1) is 0 Å². The highest BCUT2D eigenvalue weighted by Crippen LogP contribution is 2.17. The molecule has 0 bridgehead atoms. The molecule has 0 aliphatic carbocycles. The molecule has 0 aliphatic rings. The van der Waals surface area contributed by atoms with Crippen molar-refractivity contribution in [1.82, 2.24) is 0 Å². The highest BCUT2D eigenvalue weighted by molar-refractivity contribution is 5.61. The van der Waals surface area contributed by atoms with Crippen LogP contribution in [-0.4, -0.2) is 0 Å². The Hall–Kier alpha value is -2.60. The van der Waals surface area contributed by atoms with Gasteiger partial charge in [0.1, 0.15) is 0 Å². The van der Waals surface area contributed by atoms with Crippen LogP contribution in [0.1, 0.15) is 54.2 Å². The van der Waals surface area contributed by atoms with Gasteiger partial charge in [-0.05, 0) is 54.5 Å². The monoisotopic (exact) mass is 342 g/mol. The highest BCUT2D eigenvalue weighted by atomic mass is 14.1. The minimum absolute atomic E-state index is 0.973. The van der Waals surface area contributed by atoms with E-state index in [4.69, 9.17) is 0 Å². The summed E-state index contributed by atoms with van der Waals surface area (Å²) in [5, 5.41) is 0. The topological polar surface area (TPSA) is 0 Å². The van der Waals surface area contributed by atoms with Gasteiger partial charge in [0.25, 0.3) is 0 Å². The van der Waals surface area contributed by atoms with Crippen molar-refractivity contribution in [2.45, 2.75) is 40.5 Å². The Bertz CT molecular complexity index is 803. The largest absolute Gasteiger partial charge is 0.0955 e. The molecular formula is C26H30. The lowest BCUT2D eigenvalue weighted by Crippen LogP contribution is -1.92. The van der Waals surface area contributed by atoms with Crippen molar-refractivity contribution in [2.75, 3.05) is 0 Å². The number of allylic oxidation sites excluding steroid dienone is 1. The van der Waals surface area contributed by atoms with Crippen LogP contribution in [0.4, 0.5) is 0 Å². The SMILES string of the molecule is C=C(C)c1ccc(Cc2ccc(Cc3ccc(C)cc3)cc2)cc1.CC. The Labute approximate surface area is 159 Å². The average molecular weight is 343 g/mol. The van der Waals surface area contributed by atoms with E-state index in [1.165, 1.54) is 33.4 Å². The van der Waals surface area contributed by atoms with Crippen LogP contribution in [0.25, 0.3) is 5.57 Å². The first-order valence-corrected chi connectivity index (χ1v) is 9.48. The first-order valence-electron chi connectivity index (χ1n) is 9.48. The molecule has 0 amide bonds. The Morgan fingerprint density at radius 3 is 1.27 bits per heavy atom. The van der Waals surface area contributed by atoms with Gasteiger partial charge >= 0.3 is 0 Å². The van der Waals surface area contributed by atoms with Gasteiger partial charge in [-0.25, -0.2) is 0 Å². The van der Waals surface area contributed by atoms with E-state index in [1.54, 1.807) is 0 Å². The van der Waals surface area contributed by atoms with Crippen molar-refractivity contribution in [3.8, 4) is 0 Å². The van der Waals surface area contributed by atoms with E-state index in [1.807, 2.05) is 20.8 Å². The van der Waals surface area contributed by atoms with Gasteiger partial charge in [-0.3, -0.25) is 0 Å². The van der Waals surface area contributed by atoms with E-state index in [2.05, 4.69) is 86.3 Å². The third-order valence-corrected chi connectivity index (χ3v) is 4.41. The molecule has 0 heteroatoms. The first-order chi connectivity index (χ1) is 12.6. The molecule has 0 heterocycles. The molecule has 0 radical (unpaired) electrons. The van der Waals surface area contributed by atoms with Gasteiger partial charge in [-0.1, -0.05) is 104 Å². The maximum atomic E-state index is 3.99. The lowest BCUT2D eigenvalue weighted by atomic mass is 9.99. The molecule has 134 valence electrons. The molecule has 26 heavy (non-hydrogen) atoms. The first kappa shape index (κ1) is 19.7. The summed E-state index contributed by atoms with van der Waals surface area (Å²) >= 11 is 0. The molecule has 0 spiro atoms. The van der Waals surface area contributed by atoms with Crippen molar-refractivity contribution < 1.29 is 0 Å². The molecule has 0 fully saturated rings. The van der Waals surface area contributed by atoms with E-state index >= 15 is 0 Å². The average Bonchev–Trinajstić information content (AvgIpc) is 2.67. The number of rotatable bonds is 5. The zero-order valence-electron chi connectivity index (χ0n) is 16.5. The fraction of sp³-hybridized carbons (Fsp3) is 0.231. The van der Waals surface area contributed by atoms with Gasteiger partial charge in [0.2, 0.25) is 0 Å². The van der Waals surface area contributed by atoms with Crippen LogP contribution in [0.5, 0.6) is 0 Å². The molecule has 0 N–H and O–H groups in total. The third-order valence-electron chi connectivity index (χ3n) is 4.41. The summed E-state index contributed by atoms with van der Waals surface area (Å²) in [6.45, 7) is 12.2. The quantitative estimate of drug-likeness (QED) is 0.458. The van der Waals surface area contributed by atoms with Crippen LogP contribution in [0, 0.1) is 6.92 Å². The van der Waals surface area contributed by atoms with Crippen molar-refractivity contribution >= 4 is 5.57 Å². The van der Waals surface area contributed by atoms with E-state index in [-0.39, 0.29) is 0 Å². The van der Waals surface area contributed by atoms with Crippen LogP contribution in [0.15, 0.2) is 79.4 Å². The Morgan fingerprint density at radius 1 is 0.615 bits per heavy atom. The molecule has 0 aromatic heterocycles. The molecule has 0 unspecified atom stereocenters. The van der Waals surface area contributed by atoms with Crippen LogP contribution in [0.3, 0.4) is 0 Å². The summed E-state index contributed by atoms with van der Waals surface area (Å²) in [5.74, 6) is 0. The second-order valence-electron chi connectivity index (χ2n) is 6.63. The second kappa shape index (κ2) is 9.77. The van der Waals surface area contributed by atoms with Crippen molar-refractivity contribution in [3.05, 3.63) is 113 Å². The number of hydrogen-bond acceptors (Lipinski definition) is 0. The fourth-order valence-corrected chi connectivity index (χ4v) is 2.86. The van der Waals surface area contributed by atoms with Gasteiger partial charge < -0.3 is 0 Å². The zero-order valence-corrected chi connectivity index (χ0v) is 16.5. The van der Waals surface area contributed by atoms with Gasteiger partial charge in [-0.15, -0.1) is 0 Å². The summed E-state index contributed by atoms with van der Waals surface area (Å²) in [7, 11) is 0.